The first-order valence-corrected chi connectivity index (χ1v) is 17.3. The lowest BCUT2D eigenvalue weighted by atomic mass is 9.92. The van der Waals surface area contributed by atoms with Gasteiger partial charge < -0.3 is 4.55 Å². The number of azide groups is 1. The first-order chi connectivity index (χ1) is 21.2. The van der Waals surface area contributed by atoms with E-state index in [0.29, 0.717) is 5.57 Å². The van der Waals surface area contributed by atoms with Crippen molar-refractivity contribution in [3.05, 3.63) is 89.8 Å². The Morgan fingerprint density at radius 1 is 0.826 bits per heavy atom. The Labute approximate surface area is 277 Å². The Morgan fingerprint density at radius 2 is 1.17 bits per heavy atom. The second kappa shape index (κ2) is 15.7. The standard InChI is InChI=1S/C27H34Cl2N8P.CHF3O3S/c1-15(2)19-11-9-12-20(16(3)4)23(19)36-25(28)26(29)37(27(36)38(34-32-30)35-33-31)24-21(17(5)6)13-10-14-22(24)18(7)8;2-1(3,4)8(5,6)7/h9-18H,1-8H3;(H,5,6,7)/q+1;/p-1. The van der Waals surface area contributed by atoms with Gasteiger partial charge in [-0.05, 0) is 57.9 Å². The first kappa shape index (κ1) is 39.2. The Bertz CT molecular complexity index is 1630. The minimum absolute atomic E-state index is 0.154. The van der Waals surface area contributed by atoms with E-state index in [-0.39, 0.29) is 34.0 Å². The molecule has 0 radical (unpaired) electrons. The van der Waals surface area contributed by atoms with Crippen molar-refractivity contribution in [1.29, 1.82) is 0 Å². The summed E-state index contributed by atoms with van der Waals surface area (Å²) in [5.74, 6) is 0.617. The molecule has 0 aliphatic carbocycles. The Balaban J connectivity index is 0.000000812. The second-order valence-electron chi connectivity index (χ2n) is 11.3. The van der Waals surface area contributed by atoms with Gasteiger partial charge in [0.1, 0.15) is 11.4 Å². The van der Waals surface area contributed by atoms with Crippen LogP contribution in [-0.2, 0) is 10.1 Å². The van der Waals surface area contributed by atoms with Crippen LogP contribution in [0, 0.1) is 0 Å². The van der Waals surface area contributed by atoms with E-state index in [0.717, 1.165) is 33.6 Å². The molecule has 0 aliphatic heterocycles. The van der Waals surface area contributed by atoms with Crippen LogP contribution < -0.4 is 10.1 Å². The van der Waals surface area contributed by atoms with E-state index >= 15 is 0 Å². The maximum atomic E-state index is 10.7. The molecule has 0 bridgehead atoms. The number of hydrogen-bond donors (Lipinski definition) is 0. The van der Waals surface area contributed by atoms with Crippen LogP contribution in [0.3, 0.4) is 0 Å². The highest BCUT2D eigenvalue weighted by Crippen LogP contribution is 2.44. The molecule has 3 aromatic rings. The summed E-state index contributed by atoms with van der Waals surface area (Å²) in [5, 5.41) is 0.525. The summed E-state index contributed by atoms with van der Waals surface area (Å²) in [7, 11) is -8.18. The van der Waals surface area contributed by atoms with Crippen LogP contribution in [0.5, 0.6) is 0 Å². The molecule has 0 N–H and O–H groups in total. The first-order valence-electron chi connectivity index (χ1n) is 13.9. The molecule has 0 spiro atoms. The van der Waals surface area contributed by atoms with Gasteiger partial charge in [0.15, 0.2) is 18.3 Å². The van der Waals surface area contributed by atoms with Crippen molar-refractivity contribution in [3.63, 3.8) is 0 Å². The summed E-state index contributed by atoms with van der Waals surface area (Å²) >= 11 is 14.2. The Kier molecular flexibility index (Phi) is 13.4. The maximum Gasteiger partial charge on any atom is 0.485 e. The van der Waals surface area contributed by atoms with Gasteiger partial charge >= 0.3 is 11.1 Å². The summed E-state index contributed by atoms with van der Waals surface area (Å²) in [6.45, 7) is 16.9. The minimum Gasteiger partial charge on any atom is -0.741 e. The van der Waals surface area contributed by atoms with Crippen molar-refractivity contribution >= 4 is 47.1 Å². The molecule has 0 unspecified atom stereocenters. The van der Waals surface area contributed by atoms with E-state index in [4.69, 9.17) is 36.2 Å². The van der Waals surface area contributed by atoms with Crippen molar-refractivity contribution in [3.8, 4) is 11.4 Å². The molecule has 2 aromatic carbocycles. The summed E-state index contributed by atoms with van der Waals surface area (Å²) < 4.78 is 62.6. The lowest BCUT2D eigenvalue weighted by molar-refractivity contribution is -0.573. The summed E-state index contributed by atoms with van der Waals surface area (Å²) in [6.07, 6.45) is 0. The highest BCUT2D eigenvalue weighted by Gasteiger charge is 2.40. The number of hydrogen-bond acceptors (Lipinski definition) is 5. The Morgan fingerprint density at radius 3 is 1.48 bits per heavy atom. The third-order valence-corrected chi connectivity index (χ3v) is 9.42. The number of nitrogens with zero attached hydrogens (tertiary/aromatic N) is 8. The fourth-order valence-corrected chi connectivity index (χ4v) is 6.47. The van der Waals surface area contributed by atoms with Crippen molar-refractivity contribution in [1.82, 2.24) is 4.57 Å². The topological polar surface area (TPSA) is 164 Å². The molecule has 11 nitrogen and oxygen atoms in total. The lowest BCUT2D eigenvalue weighted by Gasteiger charge is -2.20. The molecule has 0 fully saturated rings. The highest BCUT2D eigenvalue weighted by molar-refractivity contribution is 7.86. The summed E-state index contributed by atoms with van der Waals surface area (Å²) in [4.78, 5) is 14.0. The number of aromatic nitrogens is 2. The summed E-state index contributed by atoms with van der Waals surface area (Å²) in [6, 6.07) is 12.3. The number of imidazole rings is 1. The van der Waals surface area contributed by atoms with E-state index in [9.17, 15) is 24.2 Å². The van der Waals surface area contributed by atoms with Crippen LogP contribution in [0.25, 0.3) is 32.3 Å². The smallest absolute Gasteiger partial charge is 0.485 e. The predicted molar refractivity (Wildman–Crippen MR) is 174 cm³/mol. The van der Waals surface area contributed by atoms with Crippen molar-refractivity contribution in [2.45, 2.75) is 84.6 Å². The lowest BCUT2D eigenvalue weighted by Crippen LogP contribution is -2.48. The van der Waals surface area contributed by atoms with Gasteiger partial charge in [0.2, 0.25) is 0 Å². The van der Waals surface area contributed by atoms with Crippen molar-refractivity contribution in [2.75, 3.05) is 0 Å². The molecule has 0 aliphatic rings. The number of para-hydroxylation sites is 2. The minimum atomic E-state index is -6.09. The molecule has 0 atom stereocenters. The Hall–Kier alpha value is -3.02. The van der Waals surface area contributed by atoms with E-state index in [1.165, 1.54) is 0 Å². The van der Waals surface area contributed by atoms with E-state index in [1.54, 1.807) is 0 Å². The van der Waals surface area contributed by atoms with E-state index in [2.05, 4.69) is 99.2 Å². The molecular formula is C28H34Cl2F3N8O3PS. The molecule has 3 rings (SSSR count). The van der Waals surface area contributed by atoms with Gasteiger partial charge in [-0.2, -0.15) is 22.3 Å². The number of benzene rings is 2. The van der Waals surface area contributed by atoms with Crippen LogP contribution >= 0.6 is 31.4 Å². The largest absolute Gasteiger partial charge is 0.741 e. The fraction of sp³-hybridized carbons (Fsp3) is 0.464. The molecule has 0 saturated carbocycles. The SMILES string of the molecule is CC(C)c1cccc(C(C)C)c1-n1c(Cl)c(Cl)[n+](-c2c(C(C)C)cccc2C(C)C)c1P(N=[N+]=[N-])N=[N+]=[N-].O=S(=O)([O-])C(F)(F)F. The average Bonchev–Trinajstić information content (AvgIpc) is 3.20. The molecule has 46 heavy (non-hydrogen) atoms. The zero-order valence-corrected chi connectivity index (χ0v) is 29.5. The zero-order valence-electron chi connectivity index (χ0n) is 26.3. The normalized spacial score (nSPS) is 12.6. The van der Waals surface area contributed by atoms with Gasteiger partial charge in [0, 0.05) is 32.1 Å². The molecule has 1 aromatic heterocycles. The molecule has 250 valence electrons. The van der Waals surface area contributed by atoms with Crippen molar-refractivity contribution < 1.29 is 30.7 Å². The van der Waals surface area contributed by atoms with Crippen LogP contribution in [0.4, 0.5) is 13.2 Å². The van der Waals surface area contributed by atoms with Crippen molar-refractivity contribution in [2.24, 2.45) is 9.77 Å². The van der Waals surface area contributed by atoms with Gasteiger partial charge in [-0.3, -0.25) is 0 Å². The molecule has 0 saturated heterocycles. The van der Waals surface area contributed by atoms with Crippen LogP contribution in [0.15, 0.2) is 46.2 Å². The monoisotopic (exact) mass is 720 g/mol. The third kappa shape index (κ3) is 8.46. The number of alkyl halides is 3. The summed E-state index contributed by atoms with van der Waals surface area (Å²) in [5.41, 5.74) is 19.7. The zero-order chi connectivity index (χ0) is 35.3. The third-order valence-electron chi connectivity index (χ3n) is 6.81. The fourth-order valence-electron chi connectivity index (χ4n) is 4.75. The van der Waals surface area contributed by atoms with Gasteiger partial charge in [-0.1, -0.05) is 102 Å². The number of halogens is 5. The molecule has 0 amide bonds. The second-order valence-corrected chi connectivity index (χ2v) is 14.7. The van der Waals surface area contributed by atoms with Gasteiger partial charge in [0.05, 0.1) is 0 Å². The van der Waals surface area contributed by atoms with E-state index in [1.807, 2.05) is 21.3 Å². The van der Waals surface area contributed by atoms with E-state index < -0.39 is 23.8 Å². The maximum absolute atomic E-state index is 10.7. The van der Waals surface area contributed by atoms with Gasteiger partial charge in [-0.15, -0.1) is 0 Å². The molecular weight excluding hydrogens is 687 g/mol. The quantitative estimate of drug-likeness (QED) is 0.0409. The van der Waals surface area contributed by atoms with Crippen LogP contribution in [0.1, 0.15) is 101 Å². The molecule has 1 heterocycles. The van der Waals surface area contributed by atoms with Gasteiger partial charge in [-0.25, -0.2) is 8.42 Å². The van der Waals surface area contributed by atoms with Crippen LogP contribution in [0.2, 0.25) is 10.3 Å². The van der Waals surface area contributed by atoms with Crippen LogP contribution in [-0.4, -0.2) is 23.0 Å². The van der Waals surface area contributed by atoms with Gasteiger partial charge in [0.25, 0.3) is 10.3 Å². The number of rotatable bonds is 9. The predicted octanol–water partition coefficient (Wildman–Crippen LogP) is 10.2. The molecule has 18 heteroatoms. The average molecular weight is 722 g/mol. The highest BCUT2D eigenvalue weighted by atomic mass is 35.5.